The summed E-state index contributed by atoms with van der Waals surface area (Å²) in [6.07, 6.45) is 1.18. The molecule has 0 radical (unpaired) electrons. The van der Waals surface area contributed by atoms with Crippen LogP contribution in [-0.4, -0.2) is 34.9 Å². The molecule has 0 atom stereocenters. The minimum atomic E-state index is -0.301. The van der Waals surface area contributed by atoms with Crippen LogP contribution < -0.4 is 5.73 Å². The molecule has 1 aromatic carbocycles. The lowest BCUT2D eigenvalue weighted by atomic mass is 9.96. The largest absolute Gasteiger partial charge is 0.507 e. The summed E-state index contributed by atoms with van der Waals surface area (Å²) in [5.74, 6) is -0.654. The van der Waals surface area contributed by atoms with Crippen LogP contribution in [0.15, 0.2) is 24.3 Å². The molecule has 2 rings (SSSR count). The number of nitrogens with zero attached hydrogens (tertiary/aromatic N) is 1. The molecule has 5 nitrogen and oxygen atoms in total. The average Bonchev–Trinajstić information content (AvgIpc) is 2.38. The van der Waals surface area contributed by atoms with Crippen LogP contribution in [0.3, 0.4) is 0 Å². The lowest BCUT2D eigenvalue weighted by Crippen LogP contribution is -2.41. The maximum atomic E-state index is 12.1. The molecule has 1 fully saturated rings. The fraction of sp³-hybridized carbons (Fsp3) is 0.385. The number of phenolic OH excluding ortho intramolecular Hbond substituents is 1. The van der Waals surface area contributed by atoms with Gasteiger partial charge >= 0.3 is 0 Å². The normalized spacial score (nSPS) is 16.6. The second-order valence-corrected chi connectivity index (χ2v) is 4.49. The maximum absolute atomic E-state index is 12.1. The van der Waals surface area contributed by atoms with Gasteiger partial charge in [0.2, 0.25) is 5.91 Å². The predicted molar refractivity (Wildman–Crippen MR) is 65.9 cm³/mol. The molecule has 1 aliphatic rings. The van der Waals surface area contributed by atoms with E-state index >= 15 is 0 Å². The number of benzene rings is 1. The minimum absolute atomic E-state index is 0.0143. The van der Waals surface area contributed by atoms with Crippen LogP contribution in [-0.2, 0) is 4.79 Å². The monoisotopic (exact) mass is 248 g/mol. The van der Waals surface area contributed by atoms with E-state index < -0.39 is 0 Å². The summed E-state index contributed by atoms with van der Waals surface area (Å²) >= 11 is 0. The number of phenols is 1. The van der Waals surface area contributed by atoms with Crippen molar-refractivity contribution < 1.29 is 14.7 Å². The second-order valence-electron chi connectivity index (χ2n) is 4.49. The molecule has 3 N–H and O–H groups in total. The molecule has 1 aliphatic heterocycles. The summed E-state index contributed by atoms with van der Waals surface area (Å²) in [7, 11) is 0. The fourth-order valence-corrected chi connectivity index (χ4v) is 2.19. The molecule has 0 aromatic heterocycles. The van der Waals surface area contributed by atoms with Crippen molar-refractivity contribution in [2.45, 2.75) is 12.8 Å². The van der Waals surface area contributed by atoms with Crippen molar-refractivity contribution in [1.82, 2.24) is 4.90 Å². The zero-order valence-electron chi connectivity index (χ0n) is 10.0. The average molecular weight is 248 g/mol. The second kappa shape index (κ2) is 5.08. The van der Waals surface area contributed by atoms with Gasteiger partial charge in [-0.05, 0) is 25.0 Å². The fourth-order valence-electron chi connectivity index (χ4n) is 2.19. The highest BCUT2D eigenvalue weighted by Gasteiger charge is 2.27. The first-order chi connectivity index (χ1) is 8.59. The van der Waals surface area contributed by atoms with Crippen LogP contribution in [0, 0.1) is 5.92 Å². The topological polar surface area (TPSA) is 83.6 Å². The van der Waals surface area contributed by atoms with Crippen LogP contribution in [0.5, 0.6) is 5.75 Å². The molecule has 0 aliphatic carbocycles. The Morgan fingerprint density at radius 1 is 1.22 bits per heavy atom. The predicted octanol–water partition coefficient (Wildman–Crippen LogP) is 0.730. The van der Waals surface area contributed by atoms with Gasteiger partial charge in [-0.3, -0.25) is 9.59 Å². The molecule has 1 heterocycles. The lowest BCUT2D eigenvalue weighted by Gasteiger charge is -2.30. The van der Waals surface area contributed by atoms with E-state index in [2.05, 4.69) is 0 Å². The lowest BCUT2D eigenvalue weighted by molar-refractivity contribution is -0.123. The Hall–Kier alpha value is -2.04. The van der Waals surface area contributed by atoms with E-state index in [1.54, 1.807) is 23.1 Å². The van der Waals surface area contributed by atoms with Gasteiger partial charge in [0.25, 0.3) is 5.91 Å². The SMILES string of the molecule is NC(=O)C1CCN(C(=O)c2ccccc2O)CC1. The quantitative estimate of drug-likeness (QED) is 0.809. The Bertz CT molecular complexity index is 465. The van der Waals surface area contributed by atoms with Gasteiger partial charge in [-0.15, -0.1) is 0 Å². The molecule has 18 heavy (non-hydrogen) atoms. The van der Waals surface area contributed by atoms with Gasteiger partial charge in [-0.25, -0.2) is 0 Å². The summed E-state index contributed by atoms with van der Waals surface area (Å²) in [6.45, 7) is 1.00. The van der Waals surface area contributed by atoms with E-state index in [1.807, 2.05) is 0 Å². The van der Waals surface area contributed by atoms with Gasteiger partial charge in [-0.1, -0.05) is 12.1 Å². The van der Waals surface area contributed by atoms with Gasteiger partial charge in [-0.2, -0.15) is 0 Å². The van der Waals surface area contributed by atoms with E-state index in [1.165, 1.54) is 6.07 Å². The van der Waals surface area contributed by atoms with Gasteiger partial charge in [0.1, 0.15) is 5.75 Å². The summed E-state index contributed by atoms with van der Waals surface area (Å²) in [6, 6.07) is 6.47. The summed E-state index contributed by atoms with van der Waals surface area (Å²) in [4.78, 5) is 24.8. The van der Waals surface area contributed by atoms with E-state index in [0.717, 1.165) is 0 Å². The first kappa shape index (κ1) is 12.4. The third-order valence-corrected chi connectivity index (χ3v) is 3.32. The summed E-state index contributed by atoms with van der Waals surface area (Å²) in [5.41, 5.74) is 5.54. The van der Waals surface area contributed by atoms with E-state index in [0.29, 0.717) is 31.5 Å². The Labute approximate surface area is 105 Å². The van der Waals surface area contributed by atoms with Gasteiger partial charge in [0.15, 0.2) is 0 Å². The van der Waals surface area contributed by atoms with Crippen molar-refractivity contribution in [3.05, 3.63) is 29.8 Å². The highest BCUT2D eigenvalue weighted by molar-refractivity contribution is 5.96. The van der Waals surface area contributed by atoms with Gasteiger partial charge in [0, 0.05) is 19.0 Å². The number of rotatable bonds is 2. The first-order valence-corrected chi connectivity index (χ1v) is 5.96. The molecule has 0 bridgehead atoms. The van der Waals surface area contributed by atoms with E-state index in [-0.39, 0.29) is 23.5 Å². The molecular weight excluding hydrogens is 232 g/mol. The Balaban J connectivity index is 2.04. The highest BCUT2D eigenvalue weighted by Crippen LogP contribution is 2.22. The highest BCUT2D eigenvalue weighted by atomic mass is 16.3. The third kappa shape index (κ3) is 2.45. The zero-order valence-corrected chi connectivity index (χ0v) is 10.0. The summed E-state index contributed by atoms with van der Waals surface area (Å²) in [5, 5.41) is 9.63. The zero-order chi connectivity index (χ0) is 13.1. The molecule has 0 saturated carbocycles. The minimum Gasteiger partial charge on any atom is -0.507 e. The van der Waals surface area contributed by atoms with Crippen molar-refractivity contribution in [2.75, 3.05) is 13.1 Å². The smallest absolute Gasteiger partial charge is 0.257 e. The first-order valence-electron chi connectivity index (χ1n) is 5.96. The van der Waals surface area contributed by atoms with Crippen LogP contribution >= 0.6 is 0 Å². The van der Waals surface area contributed by atoms with Crippen LogP contribution in [0.2, 0.25) is 0 Å². The van der Waals surface area contributed by atoms with Crippen molar-refractivity contribution >= 4 is 11.8 Å². The van der Waals surface area contributed by atoms with Crippen molar-refractivity contribution in [2.24, 2.45) is 11.7 Å². The molecular formula is C13H16N2O3. The maximum Gasteiger partial charge on any atom is 0.257 e. The number of primary amides is 1. The molecule has 2 amide bonds. The van der Waals surface area contributed by atoms with E-state index in [4.69, 9.17) is 5.73 Å². The molecule has 1 aromatic rings. The van der Waals surface area contributed by atoms with Crippen LogP contribution in [0.4, 0.5) is 0 Å². The van der Waals surface area contributed by atoms with Gasteiger partial charge in [0.05, 0.1) is 5.56 Å². The Morgan fingerprint density at radius 2 is 1.83 bits per heavy atom. The molecule has 1 saturated heterocycles. The number of hydrogen-bond acceptors (Lipinski definition) is 3. The number of aromatic hydroxyl groups is 1. The summed E-state index contributed by atoms with van der Waals surface area (Å²) < 4.78 is 0. The standard InChI is InChI=1S/C13H16N2O3/c14-12(17)9-5-7-15(8-6-9)13(18)10-3-1-2-4-11(10)16/h1-4,9,16H,5-8H2,(H2,14,17). The van der Waals surface area contributed by atoms with Crippen LogP contribution in [0.1, 0.15) is 23.2 Å². The number of piperidine rings is 1. The van der Waals surface area contributed by atoms with Gasteiger partial charge < -0.3 is 15.7 Å². The molecule has 5 heteroatoms. The number of carbonyl (C=O) groups excluding carboxylic acids is 2. The third-order valence-electron chi connectivity index (χ3n) is 3.32. The van der Waals surface area contributed by atoms with Crippen molar-refractivity contribution in [3.8, 4) is 5.75 Å². The van der Waals surface area contributed by atoms with Crippen LogP contribution in [0.25, 0.3) is 0 Å². The molecule has 0 spiro atoms. The number of amides is 2. The molecule has 0 unspecified atom stereocenters. The Morgan fingerprint density at radius 3 is 2.39 bits per heavy atom. The van der Waals surface area contributed by atoms with Crippen molar-refractivity contribution in [1.29, 1.82) is 0 Å². The number of para-hydroxylation sites is 1. The van der Waals surface area contributed by atoms with Crippen molar-refractivity contribution in [3.63, 3.8) is 0 Å². The Kier molecular flexibility index (Phi) is 3.50. The molecule has 96 valence electrons. The number of nitrogens with two attached hydrogens (primary N) is 1. The number of carbonyl (C=O) groups is 2. The van der Waals surface area contributed by atoms with E-state index in [9.17, 15) is 14.7 Å². The number of hydrogen-bond donors (Lipinski definition) is 2. The number of likely N-dealkylation sites (tertiary alicyclic amines) is 1.